The third kappa shape index (κ3) is 20.9. The highest BCUT2D eigenvalue weighted by Crippen LogP contribution is 2.13. The average molecular weight is 372 g/mol. The first kappa shape index (κ1) is 24.9. The minimum absolute atomic E-state index is 0.0239. The molecule has 0 aliphatic carbocycles. The van der Waals surface area contributed by atoms with E-state index in [2.05, 4.69) is 12.2 Å². The molecule has 0 saturated heterocycles. The van der Waals surface area contributed by atoms with E-state index >= 15 is 0 Å². The monoisotopic (exact) mass is 371 g/mol. The Morgan fingerprint density at radius 2 is 1.15 bits per heavy atom. The number of unbranched alkanes of at least 4 members (excludes halogenated alkanes) is 14. The number of carbonyl (C=O) groups excluding carboxylic acids is 1. The van der Waals surface area contributed by atoms with Crippen LogP contribution in [0.3, 0.4) is 0 Å². The Bertz CT molecular complexity index is 334. The van der Waals surface area contributed by atoms with Gasteiger partial charge in [0.1, 0.15) is 13.3 Å². The molecular weight excluding hydrogens is 330 g/mol. The molecule has 5 heteroatoms. The molecule has 0 rings (SSSR count). The van der Waals surface area contributed by atoms with Crippen molar-refractivity contribution in [3.63, 3.8) is 0 Å². The van der Waals surface area contributed by atoms with E-state index in [1.807, 2.05) is 0 Å². The van der Waals surface area contributed by atoms with Crippen molar-refractivity contribution in [3.05, 3.63) is 0 Å². The molecule has 0 aliphatic heterocycles. The van der Waals surface area contributed by atoms with Crippen molar-refractivity contribution in [1.29, 1.82) is 0 Å². The number of carbonyl (C=O) groups is 2. The van der Waals surface area contributed by atoms with Crippen LogP contribution in [0.4, 0.5) is 0 Å². The molecule has 26 heavy (non-hydrogen) atoms. The van der Waals surface area contributed by atoms with Crippen LogP contribution in [0.25, 0.3) is 0 Å². The number of nitrogens with one attached hydrogen (secondary N) is 1. The third-order valence-electron chi connectivity index (χ3n) is 4.60. The first-order valence-electron chi connectivity index (χ1n) is 10.7. The van der Waals surface area contributed by atoms with Crippen LogP contribution < -0.4 is 5.32 Å². The van der Waals surface area contributed by atoms with E-state index in [1.54, 1.807) is 0 Å². The quantitative estimate of drug-likeness (QED) is 0.221. The van der Waals surface area contributed by atoms with E-state index in [1.165, 1.54) is 83.5 Å². The van der Waals surface area contributed by atoms with E-state index < -0.39 is 5.97 Å². The molecule has 0 atom stereocenters. The lowest BCUT2D eigenvalue weighted by Gasteiger charge is -2.05. The number of rotatable bonds is 20. The van der Waals surface area contributed by atoms with Crippen LogP contribution in [0.2, 0.25) is 0 Å². The number of carboxylic acids is 1. The molecule has 0 unspecified atom stereocenters. The highest BCUT2D eigenvalue weighted by atomic mass is 16.5. The normalized spacial score (nSPS) is 10.8. The fourth-order valence-corrected chi connectivity index (χ4v) is 3.02. The second-order valence-electron chi connectivity index (χ2n) is 7.19. The maximum atomic E-state index is 11.5. The Morgan fingerprint density at radius 1 is 0.731 bits per heavy atom. The largest absolute Gasteiger partial charge is 0.480 e. The van der Waals surface area contributed by atoms with Crippen molar-refractivity contribution in [1.82, 2.24) is 5.32 Å². The van der Waals surface area contributed by atoms with Gasteiger partial charge in [0, 0.05) is 6.42 Å². The summed E-state index contributed by atoms with van der Waals surface area (Å²) in [5.41, 5.74) is 0. The van der Waals surface area contributed by atoms with Crippen molar-refractivity contribution in [2.75, 3.05) is 13.3 Å². The van der Waals surface area contributed by atoms with Gasteiger partial charge in [-0.3, -0.25) is 4.79 Å². The van der Waals surface area contributed by atoms with E-state index in [9.17, 15) is 9.59 Å². The zero-order valence-electron chi connectivity index (χ0n) is 16.9. The molecule has 1 amide bonds. The highest BCUT2D eigenvalue weighted by molar-refractivity contribution is 5.75. The zero-order chi connectivity index (χ0) is 19.3. The summed E-state index contributed by atoms with van der Waals surface area (Å²) in [5, 5.41) is 11.0. The lowest BCUT2D eigenvalue weighted by Crippen LogP contribution is -2.27. The first-order chi connectivity index (χ1) is 12.7. The summed E-state index contributed by atoms with van der Waals surface area (Å²) < 4.78 is 4.76. The Kier molecular flexibility index (Phi) is 19.4. The Balaban J connectivity index is 3.12. The molecule has 0 aromatic carbocycles. The molecule has 0 radical (unpaired) electrons. The molecule has 5 nitrogen and oxygen atoms in total. The van der Waals surface area contributed by atoms with Crippen LogP contribution >= 0.6 is 0 Å². The number of amides is 1. The van der Waals surface area contributed by atoms with Gasteiger partial charge in [-0.25, -0.2) is 4.79 Å². The number of hydrogen-bond donors (Lipinski definition) is 2. The summed E-state index contributed by atoms with van der Waals surface area (Å²) in [5.74, 6) is -1.09. The minimum atomic E-state index is -1.03. The minimum Gasteiger partial charge on any atom is -0.480 e. The second-order valence-corrected chi connectivity index (χ2v) is 7.19. The molecule has 0 aromatic rings. The SMILES string of the molecule is CCCCCCCCCCCCCCCCCC(=O)NCOCC(=O)O. The topological polar surface area (TPSA) is 75.6 Å². The summed E-state index contributed by atoms with van der Waals surface area (Å²) in [7, 11) is 0. The van der Waals surface area contributed by atoms with Crippen LogP contribution in [0.1, 0.15) is 110 Å². The summed E-state index contributed by atoms with van der Waals surface area (Å²) >= 11 is 0. The molecular formula is C21H41NO4. The lowest BCUT2D eigenvalue weighted by atomic mass is 10.0. The van der Waals surface area contributed by atoms with Gasteiger partial charge in [0.25, 0.3) is 0 Å². The Morgan fingerprint density at radius 3 is 1.58 bits per heavy atom. The van der Waals surface area contributed by atoms with Gasteiger partial charge in [-0.1, -0.05) is 96.8 Å². The molecule has 0 heterocycles. The summed E-state index contributed by atoms with van der Waals surface area (Å²) in [4.78, 5) is 21.7. The van der Waals surface area contributed by atoms with Gasteiger partial charge < -0.3 is 15.2 Å². The summed E-state index contributed by atoms with van der Waals surface area (Å²) in [6.45, 7) is 1.86. The molecule has 0 aliphatic rings. The van der Waals surface area contributed by atoms with Crippen molar-refractivity contribution in [2.45, 2.75) is 110 Å². The first-order valence-corrected chi connectivity index (χ1v) is 10.7. The fourth-order valence-electron chi connectivity index (χ4n) is 3.02. The number of ether oxygens (including phenoxy) is 1. The van der Waals surface area contributed by atoms with Gasteiger partial charge in [0.2, 0.25) is 5.91 Å². The second kappa shape index (κ2) is 20.2. The van der Waals surface area contributed by atoms with Crippen molar-refractivity contribution < 1.29 is 19.4 Å². The molecule has 0 fully saturated rings. The van der Waals surface area contributed by atoms with Gasteiger partial charge in [0.05, 0.1) is 0 Å². The van der Waals surface area contributed by atoms with Gasteiger partial charge >= 0.3 is 5.97 Å². The smallest absolute Gasteiger partial charge is 0.329 e. The molecule has 0 spiro atoms. The number of aliphatic carboxylic acids is 1. The molecule has 2 N–H and O–H groups in total. The van der Waals surface area contributed by atoms with Crippen LogP contribution in [-0.4, -0.2) is 30.3 Å². The predicted octanol–water partition coefficient (Wildman–Crippen LogP) is 5.42. The van der Waals surface area contributed by atoms with Crippen molar-refractivity contribution >= 4 is 11.9 Å². The fraction of sp³-hybridized carbons (Fsp3) is 0.905. The number of hydrogen-bond acceptors (Lipinski definition) is 3. The van der Waals surface area contributed by atoms with Gasteiger partial charge in [0.15, 0.2) is 0 Å². The summed E-state index contributed by atoms with van der Waals surface area (Å²) in [6.07, 6.45) is 20.1. The zero-order valence-corrected chi connectivity index (χ0v) is 16.9. The number of carboxylic acid groups (broad SMARTS) is 1. The standard InChI is InChI=1S/C21H41NO4/c1-2-3-4-5-6-7-8-9-10-11-12-13-14-15-16-17-20(23)22-19-26-18-21(24)25/h2-19H2,1H3,(H,22,23)(H,24,25). The molecule has 0 saturated carbocycles. The van der Waals surface area contributed by atoms with E-state index in [0.29, 0.717) is 6.42 Å². The van der Waals surface area contributed by atoms with E-state index in [4.69, 9.17) is 9.84 Å². The molecule has 0 aromatic heterocycles. The Hall–Kier alpha value is -1.10. The maximum absolute atomic E-state index is 11.5. The third-order valence-corrected chi connectivity index (χ3v) is 4.60. The predicted molar refractivity (Wildman–Crippen MR) is 106 cm³/mol. The van der Waals surface area contributed by atoms with Crippen LogP contribution in [-0.2, 0) is 14.3 Å². The summed E-state index contributed by atoms with van der Waals surface area (Å²) in [6, 6.07) is 0. The Labute approximate surface area is 160 Å². The van der Waals surface area contributed by atoms with E-state index in [0.717, 1.165) is 12.8 Å². The lowest BCUT2D eigenvalue weighted by molar-refractivity contribution is -0.143. The maximum Gasteiger partial charge on any atom is 0.329 e. The van der Waals surface area contributed by atoms with E-state index in [-0.39, 0.29) is 19.2 Å². The molecule has 0 bridgehead atoms. The van der Waals surface area contributed by atoms with Gasteiger partial charge in [-0.15, -0.1) is 0 Å². The van der Waals surface area contributed by atoms with Crippen LogP contribution in [0, 0.1) is 0 Å². The van der Waals surface area contributed by atoms with Crippen molar-refractivity contribution in [3.8, 4) is 0 Å². The van der Waals surface area contributed by atoms with Crippen LogP contribution in [0.15, 0.2) is 0 Å². The average Bonchev–Trinajstić information content (AvgIpc) is 2.62. The highest BCUT2D eigenvalue weighted by Gasteiger charge is 2.01. The van der Waals surface area contributed by atoms with Gasteiger partial charge in [-0.05, 0) is 6.42 Å². The van der Waals surface area contributed by atoms with Crippen LogP contribution in [0.5, 0.6) is 0 Å². The van der Waals surface area contributed by atoms with Crippen molar-refractivity contribution in [2.24, 2.45) is 0 Å². The van der Waals surface area contributed by atoms with Gasteiger partial charge in [-0.2, -0.15) is 0 Å². The molecule has 154 valence electrons.